The van der Waals surface area contributed by atoms with Gasteiger partial charge in [0.15, 0.2) is 0 Å². The zero-order valence-corrected chi connectivity index (χ0v) is 9.07. The summed E-state index contributed by atoms with van der Waals surface area (Å²) in [6, 6.07) is 0. The highest BCUT2D eigenvalue weighted by molar-refractivity contribution is 6.28. The molecular formula is C7H11ClN6O2. The van der Waals surface area contributed by atoms with E-state index in [0.29, 0.717) is 6.54 Å². The third-order valence-electron chi connectivity index (χ3n) is 1.40. The Balaban J connectivity index is 2.29. The zero-order chi connectivity index (χ0) is 12.0. The van der Waals surface area contributed by atoms with E-state index in [1.807, 2.05) is 0 Å². The molecule has 16 heavy (non-hydrogen) atoms. The van der Waals surface area contributed by atoms with Gasteiger partial charge in [-0.2, -0.15) is 15.0 Å². The van der Waals surface area contributed by atoms with Crippen molar-refractivity contribution in [2.45, 2.75) is 0 Å². The minimum absolute atomic E-state index is 0.00746. The van der Waals surface area contributed by atoms with Crippen LogP contribution in [0, 0.1) is 0 Å². The highest BCUT2D eigenvalue weighted by Gasteiger charge is 2.01. The van der Waals surface area contributed by atoms with Crippen LogP contribution in [0.25, 0.3) is 0 Å². The van der Waals surface area contributed by atoms with Crippen molar-refractivity contribution in [3.63, 3.8) is 0 Å². The van der Waals surface area contributed by atoms with Gasteiger partial charge < -0.3 is 21.5 Å². The fourth-order valence-electron chi connectivity index (χ4n) is 0.852. The molecule has 0 aliphatic carbocycles. The molecule has 1 aromatic rings. The molecular weight excluding hydrogens is 236 g/mol. The van der Waals surface area contributed by atoms with Gasteiger partial charge in [-0.1, -0.05) is 0 Å². The molecule has 0 radical (unpaired) electrons. The molecule has 0 saturated carbocycles. The van der Waals surface area contributed by atoms with Gasteiger partial charge >= 0.3 is 0 Å². The van der Waals surface area contributed by atoms with Gasteiger partial charge in [-0.05, 0) is 11.6 Å². The second-order valence-corrected chi connectivity index (χ2v) is 3.07. The lowest BCUT2D eigenvalue weighted by Gasteiger charge is -2.05. The molecule has 5 N–H and O–H groups in total. The number of ether oxygens (including phenoxy) is 1. The summed E-state index contributed by atoms with van der Waals surface area (Å²) in [6.07, 6.45) is 0. The average molecular weight is 247 g/mol. The smallest absolute Gasteiger partial charge is 0.243 e. The van der Waals surface area contributed by atoms with Crippen molar-refractivity contribution < 1.29 is 9.53 Å². The normalized spacial score (nSPS) is 10.1. The fraction of sp³-hybridized carbons (Fsp3) is 0.429. The lowest BCUT2D eigenvalue weighted by Crippen LogP contribution is -2.21. The topological polar surface area (TPSA) is 129 Å². The summed E-state index contributed by atoms with van der Waals surface area (Å²) in [7, 11) is 0. The van der Waals surface area contributed by atoms with E-state index in [-0.39, 0.29) is 30.4 Å². The summed E-state index contributed by atoms with van der Waals surface area (Å²) in [4.78, 5) is 21.5. The number of anilines is 2. The third-order valence-corrected chi connectivity index (χ3v) is 1.57. The van der Waals surface area contributed by atoms with E-state index in [4.69, 9.17) is 27.8 Å². The van der Waals surface area contributed by atoms with Crippen molar-refractivity contribution in [3.05, 3.63) is 5.28 Å². The van der Waals surface area contributed by atoms with Crippen LogP contribution in [0.2, 0.25) is 5.28 Å². The van der Waals surface area contributed by atoms with E-state index in [1.165, 1.54) is 0 Å². The maximum Gasteiger partial charge on any atom is 0.243 e. The Morgan fingerprint density at radius 3 is 2.81 bits per heavy atom. The van der Waals surface area contributed by atoms with Crippen LogP contribution in [0.4, 0.5) is 11.9 Å². The molecule has 0 unspecified atom stereocenters. The lowest BCUT2D eigenvalue weighted by molar-refractivity contribution is -0.122. The van der Waals surface area contributed by atoms with E-state index in [2.05, 4.69) is 20.3 Å². The molecule has 0 aliphatic heterocycles. The van der Waals surface area contributed by atoms with E-state index in [9.17, 15) is 4.79 Å². The molecule has 0 saturated heterocycles. The summed E-state index contributed by atoms with van der Waals surface area (Å²) < 4.78 is 4.90. The Bertz CT molecular complexity index is 354. The number of nitrogens with one attached hydrogen (secondary N) is 1. The monoisotopic (exact) mass is 246 g/mol. The number of hydrogen-bond donors (Lipinski definition) is 3. The first-order chi connectivity index (χ1) is 7.58. The van der Waals surface area contributed by atoms with Crippen LogP contribution in [0.5, 0.6) is 0 Å². The van der Waals surface area contributed by atoms with Crippen molar-refractivity contribution >= 4 is 29.4 Å². The first-order valence-corrected chi connectivity index (χ1v) is 4.72. The molecule has 0 aliphatic rings. The van der Waals surface area contributed by atoms with Crippen molar-refractivity contribution in [1.82, 2.24) is 15.0 Å². The minimum Gasteiger partial charge on any atom is -0.370 e. The number of primary amides is 1. The number of amides is 1. The molecule has 9 heteroatoms. The van der Waals surface area contributed by atoms with Gasteiger partial charge in [0.05, 0.1) is 6.61 Å². The van der Waals surface area contributed by atoms with Crippen LogP contribution in [0.1, 0.15) is 0 Å². The van der Waals surface area contributed by atoms with Crippen molar-refractivity contribution in [1.29, 1.82) is 0 Å². The summed E-state index contributed by atoms with van der Waals surface area (Å²) >= 11 is 5.56. The molecule has 1 amide bonds. The van der Waals surface area contributed by atoms with Gasteiger partial charge in [-0.3, -0.25) is 4.79 Å². The predicted molar refractivity (Wildman–Crippen MR) is 57.8 cm³/mol. The van der Waals surface area contributed by atoms with Crippen LogP contribution in [0.15, 0.2) is 0 Å². The van der Waals surface area contributed by atoms with Crippen LogP contribution in [-0.2, 0) is 9.53 Å². The maximum atomic E-state index is 10.3. The molecule has 1 rings (SSSR count). The summed E-state index contributed by atoms with van der Waals surface area (Å²) in [5.74, 6) is -0.242. The molecule has 0 bridgehead atoms. The molecule has 0 atom stereocenters. The molecule has 8 nitrogen and oxygen atoms in total. The predicted octanol–water partition coefficient (Wildman–Crippen LogP) is -0.979. The van der Waals surface area contributed by atoms with Crippen LogP contribution >= 0.6 is 11.6 Å². The number of nitrogens with two attached hydrogens (primary N) is 2. The summed E-state index contributed by atoms with van der Waals surface area (Å²) in [6.45, 7) is 0.557. The van der Waals surface area contributed by atoms with Crippen molar-refractivity contribution in [2.24, 2.45) is 5.73 Å². The van der Waals surface area contributed by atoms with E-state index < -0.39 is 5.91 Å². The Labute approximate surface area is 96.4 Å². The standard InChI is InChI=1S/C7H11ClN6O2/c8-5-12-6(10)14-7(13-5)11-1-2-16-3-4(9)15/h1-3H2,(H2,9,15)(H3,10,11,12,13,14). The first kappa shape index (κ1) is 12.4. The van der Waals surface area contributed by atoms with E-state index in [0.717, 1.165) is 0 Å². The molecule has 0 spiro atoms. The number of carbonyl (C=O) groups is 1. The Hall–Kier alpha value is -1.67. The zero-order valence-electron chi connectivity index (χ0n) is 8.31. The van der Waals surface area contributed by atoms with Crippen LogP contribution in [0.3, 0.4) is 0 Å². The number of hydrogen-bond acceptors (Lipinski definition) is 7. The second-order valence-electron chi connectivity index (χ2n) is 2.73. The number of aromatic nitrogens is 3. The highest BCUT2D eigenvalue weighted by atomic mass is 35.5. The molecule has 88 valence electrons. The number of halogens is 1. The largest absolute Gasteiger partial charge is 0.370 e. The van der Waals surface area contributed by atoms with Crippen molar-refractivity contribution in [3.8, 4) is 0 Å². The fourth-order valence-corrected chi connectivity index (χ4v) is 1.02. The van der Waals surface area contributed by atoms with Gasteiger partial charge in [0, 0.05) is 6.54 Å². The molecule has 1 heterocycles. The number of rotatable bonds is 6. The highest BCUT2D eigenvalue weighted by Crippen LogP contribution is 2.05. The third kappa shape index (κ3) is 4.71. The van der Waals surface area contributed by atoms with Gasteiger partial charge in [-0.15, -0.1) is 0 Å². The average Bonchev–Trinajstić information content (AvgIpc) is 2.15. The lowest BCUT2D eigenvalue weighted by atomic mass is 10.6. The van der Waals surface area contributed by atoms with Gasteiger partial charge in [0.25, 0.3) is 0 Å². The van der Waals surface area contributed by atoms with Gasteiger partial charge in [0.1, 0.15) is 6.61 Å². The number of nitrogens with zero attached hydrogens (tertiary/aromatic N) is 3. The van der Waals surface area contributed by atoms with Crippen LogP contribution < -0.4 is 16.8 Å². The quantitative estimate of drug-likeness (QED) is 0.550. The minimum atomic E-state index is -0.521. The molecule has 0 aromatic carbocycles. The second kappa shape index (κ2) is 6.03. The van der Waals surface area contributed by atoms with Crippen molar-refractivity contribution in [2.75, 3.05) is 30.8 Å². The SMILES string of the molecule is NC(=O)COCCNc1nc(N)nc(Cl)n1. The molecule has 1 aromatic heterocycles. The number of carbonyl (C=O) groups excluding carboxylic acids is 1. The van der Waals surface area contributed by atoms with E-state index in [1.54, 1.807) is 0 Å². The Morgan fingerprint density at radius 2 is 2.19 bits per heavy atom. The summed E-state index contributed by atoms with van der Waals surface area (Å²) in [5, 5.41) is 2.80. The first-order valence-electron chi connectivity index (χ1n) is 4.35. The Morgan fingerprint density at radius 1 is 1.44 bits per heavy atom. The van der Waals surface area contributed by atoms with Crippen LogP contribution in [-0.4, -0.2) is 40.6 Å². The van der Waals surface area contributed by atoms with Gasteiger partial charge in [0.2, 0.25) is 23.1 Å². The summed E-state index contributed by atoms with van der Waals surface area (Å²) in [5.41, 5.74) is 10.2. The number of nitrogen functional groups attached to an aromatic ring is 1. The Kier molecular flexibility index (Phi) is 4.67. The van der Waals surface area contributed by atoms with Gasteiger partial charge in [-0.25, -0.2) is 0 Å². The van der Waals surface area contributed by atoms with E-state index >= 15 is 0 Å². The molecule has 0 fully saturated rings. The maximum absolute atomic E-state index is 10.3.